The third-order valence-corrected chi connectivity index (χ3v) is 6.29. The van der Waals surface area contributed by atoms with E-state index in [2.05, 4.69) is 16.0 Å². The Hall–Kier alpha value is -4.33. The number of amides is 1. The number of rotatable bonds is 5. The highest BCUT2D eigenvalue weighted by molar-refractivity contribution is 6.10. The van der Waals surface area contributed by atoms with E-state index in [0.717, 1.165) is 17.9 Å². The number of para-hydroxylation sites is 2. The van der Waals surface area contributed by atoms with Crippen LogP contribution in [0.15, 0.2) is 71.6 Å². The highest BCUT2D eigenvalue weighted by Gasteiger charge is 2.36. The minimum atomic E-state index is -1.08. The van der Waals surface area contributed by atoms with Gasteiger partial charge in [-0.3, -0.25) is 9.78 Å². The second-order valence-corrected chi connectivity index (χ2v) is 8.46. The molecule has 6 rings (SSSR count). The molecule has 170 valence electrons. The number of carboxylic acids is 1. The molecule has 0 atom stereocenters. The molecule has 3 heterocycles. The number of nitrogens with zero attached hydrogens (tertiary/aromatic N) is 3. The average molecular weight is 455 g/mol. The second kappa shape index (κ2) is 7.91. The van der Waals surface area contributed by atoms with Crippen LogP contribution in [0.25, 0.3) is 11.0 Å². The number of hydrogen-bond acceptors (Lipinski definition) is 6. The van der Waals surface area contributed by atoms with Crippen molar-refractivity contribution in [2.24, 2.45) is 0 Å². The first kappa shape index (κ1) is 20.3. The number of anilines is 2. The highest BCUT2D eigenvalue weighted by Crippen LogP contribution is 2.41. The fourth-order valence-electron chi connectivity index (χ4n) is 4.50. The Morgan fingerprint density at radius 3 is 2.65 bits per heavy atom. The van der Waals surface area contributed by atoms with Gasteiger partial charge in [-0.05, 0) is 49.2 Å². The first-order valence-corrected chi connectivity index (χ1v) is 11.1. The van der Waals surface area contributed by atoms with Crippen molar-refractivity contribution in [2.45, 2.75) is 18.9 Å². The summed E-state index contributed by atoms with van der Waals surface area (Å²) in [5.41, 5.74) is 2.79. The Morgan fingerprint density at radius 1 is 1.03 bits per heavy atom. The molecule has 2 aromatic carbocycles. The lowest BCUT2D eigenvalue weighted by Gasteiger charge is -2.38. The number of hydrogen-bond donors (Lipinski definition) is 1. The molecule has 8 nitrogen and oxygen atoms in total. The Balaban J connectivity index is 1.33. The number of pyridine rings is 1. The number of carbonyl (C=O) groups excluding carboxylic acids is 1. The molecule has 0 saturated heterocycles. The summed E-state index contributed by atoms with van der Waals surface area (Å²) in [4.78, 5) is 33.5. The number of carboxylic acid groups (broad SMARTS) is 1. The average Bonchev–Trinajstić information content (AvgIpc) is 3.61. The van der Waals surface area contributed by atoms with Gasteiger partial charge in [0.1, 0.15) is 34.5 Å². The molecule has 0 spiro atoms. The van der Waals surface area contributed by atoms with Crippen LogP contribution in [0.2, 0.25) is 0 Å². The standard InChI is InChI=1S/C26H21N3O5/c30-25(29-12-11-28(16-5-6-16)21-3-1-2-4-22(21)29)19-14-27-10-9-24(19)34-17-7-8-23-18(13-17)20(15-33-23)26(31)32/h1-4,7-10,13-16H,5-6,11-12H2,(H,31,32). The van der Waals surface area contributed by atoms with Crippen LogP contribution >= 0.6 is 0 Å². The summed E-state index contributed by atoms with van der Waals surface area (Å²) in [6, 6.07) is 15.1. The Morgan fingerprint density at radius 2 is 1.85 bits per heavy atom. The van der Waals surface area contributed by atoms with Gasteiger partial charge in [0.25, 0.3) is 5.91 Å². The van der Waals surface area contributed by atoms with Gasteiger partial charge in [0.2, 0.25) is 0 Å². The topological polar surface area (TPSA) is 96.1 Å². The van der Waals surface area contributed by atoms with Gasteiger partial charge in [0.05, 0.1) is 11.4 Å². The lowest BCUT2D eigenvalue weighted by Crippen LogP contribution is -2.45. The van der Waals surface area contributed by atoms with Crippen molar-refractivity contribution in [3.63, 3.8) is 0 Å². The van der Waals surface area contributed by atoms with E-state index in [-0.39, 0.29) is 11.5 Å². The molecule has 8 heteroatoms. The first-order valence-electron chi connectivity index (χ1n) is 11.1. The zero-order valence-corrected chi connectivity index (χ0v) is 18.2. The van der Waals surface area contributed by atoms with Crippen LogP contribution in [0, 0.1) is 0 Å². The molecular formula is C26H21N3O5. The molecule has 4 aromatic rings. The molecule has 1 aliphatic heterocycles. The molecule has 0 radical (unpaired) electrons. The minimum absolute atomic E-state index is 0.0524. The predicted octanol–water partition coefficient (Wildman–Crippen LogP) is 4.95. The normalized spacial score (nSPS) is 15.3. The Kier molecular flexibility index (Phi) is 4.72. The molecule has 1 aliphatic carbocycles. The molecule has 2 aliphatic rings. The van der Waals surface area contributed by atoms with E-state index >= 15 is 0 Å². The lowest BCUT2D eigenvalue weighted by molar-refractivity contribution is 0.0697. The van der Waals surface area contributed by atoms with Crippen molar-refractivity contribution >= 4 is 34.2 Å². The van der Waals surface area contributed by atoms with Crippen LogP contribution in [0.3, 0.4) is 0 Å². The maximum Gasteiger partial charge on any atom is 0.339 e. The van der Waals surface area contributed by atoms with Crippen LogP contribution in [0.5, 0.6) is 11.5 Å². The van der Waals surface area contributed by atoms with Crippen molar-refractivity contribution in [3.05, 3.63) is 78.3 Å². The Bertz CT molecular complexity index is 1420. The van der Waals surface area contributed by atoms with E-state index in [1.807, 2.05) is 18.2 Å². The summed E-state index contributed by atoms with van der Waals surface area (Å²) >= 11 is 0. The van der Waals surface area contributed by atoms with Gasteiger partial charge < -0.3 is 24.1 Å². The van der Waals surface area contributed by atoms with Crippen molar-refractivity contribution in [2.75, 3.05) is 22.9 Å². The van der Waals surface area contributed by atoms with Crippen molar-refractivity contribution < 1.29 is 23.8 Å². The molecule has 34 heavy (non-hydrogen) atoms. The fraction of sp³-hybridized carbons (Fsp3) is 0.192. The SMILES string of the molecule is O=C(O)c1coc2ccc(Oc3ccncc3C(=O)N3CCN(C4CC4)c4ccccc43)cc12. The first-order chi connectivity index (χ1) is 16.6. The van der Waals surface area contributed by atoms with Gasteiger partial charge in [0.15, 0.2) is 0 Å². The van der Waals surface area contributed by atoms with Gasteiger partial charge >= 0.3 is 5.97 Å². The lowest BCUT2D eigenvalue weighted by atomic mass is 10.1. The largest absolute Gasteiger partial charge is 0.478 e. The minimum Gasteiger partial charge on any atom is -0.478 e. The van der Waals surface area contributed by atoms with Crippen molar-refractivity contribution in [1.29, 1.82) is 0 Å². The summed E-state index contributed by atoms with van der Waals surface area (Å²) < 4.78 is 11.4. The van der Waals surface area contributed by atoms with E-state index < -0.39 is 5.97 Å². The number of ether oxygens (including phenoxy) is 1. The number of benzene rings is 2. The molecule has 0 bridgehead atoms. The zero-order valence-electron chi connectivity index (χ0n) is 18.2. The number of aromatic carboxylic acids is 1. The van der Waals surface area contributed by atoms with Crippen molar-refractivity contribution in [3.8, 4) is 11.5 Å². The van der Waals surface area contributed by atoms with Gasteiger partial charge in [-0.15, -0.1) is 0 Å². The molecule has 1 saturated carbocycles. The van der Waals surface area contributed by atoms with Crippen LogP contribution in [-0.2, 0) is 0 Å². The summed E-state index contributed by atoms with van der Waals surface area (Å²) in [6.07, 6.45) is 6.65. The predicted molar refractivity (Wildman–Crippen MR) is 126 cm³/mol. The van der Waals surface area contributed by atoms with E-state index in [1.54, 1.807) is 35.4 Å². The number of aromatic nitrogens is 1. The summed E-state index contributed by atoms with van der Waals surface area (Å²) in [7, 11) is 0. The highest BCUT2D eigenvalue weighted by atomic mass is 16.5. The van der Waals surface area contributed by atoms with E-state index in [9.17, 15) is 14.7 Å². The summed E-state index contributed by atoms with van der Waals surface area (Å²) in [5.74, 6) is -0.529. The third kappa shape index (κ3) is 3.44. The second-order valence-electron chi connectivity index (χ2n) is 8.46. The summed E-state index contributed by atoms with van der Waals surface area (Å²) in [6.45, 7) is 1.35. The van der Waals surface area contributed by atoms with Gasteiger partial charge in [-0.2, -0.15) is 0 Å². The van der Waals surface area contributed by atoms with Crippen molar-refractivity contribution in [1.82, 2.24) is 4.98 Å². The van der Waals surface area contributed by atoms with Gasteiger partial charge in [-0.1, -0.05) is 12.1 Å². The molecule has 1 fully saturated rings. The Labute approximate surface area is 195 Å². The van der Waals surface area contributed by atoms with E-state index in [1.165, 1.54) is 25.3 Å². The van der Waals surface area contributed by atoms with E-state index in [4.69, 9.17) is 9.15 Å². The zero-order chi connectivity index (χ0) is 23.2. The van der Waals surface area contributed by atoms with Crippen LogP contribution in [0.4, 0.5) is 11.4 Å². The molecule has 1 N–H and O–H groups in total. The van der Waals surface area contributed by atoms with Crippen LogP contribution in [0.1, 0.15) is 33.6 Å². The van der Waals surface area contributed by atoms with Crippen LogP contribution in [-0.4, -0.2) is 41.1 Å². The number of carbonyl (C=O) groups is 2. The van der Waals surface area contributed by atoms with E-state index in [0.29, 0.717) is 40.6 Å². The van der Waals surface area contributed by atoms with Crippen LogP contribution < -0.4 is 14.5 Å². The monoisotopic (exact) mass is 455 g/mol. The van der Waals surface area contributed by atoms with Gasteiger partial charge in [-0.25, -0.2) is 4.79 Å². The number of furan rings is 1. The third-order valence-electron chi connectivity index (χ3n) is 6.29. The maximum atomic E-state index is 13.7. The quantitative estimate of drug-likeness (QED) is 0.455. The molecular weight excluding hydrogens is 434 g/mol. The molecule has 2 aromatic heterocycles. The molecule has 1 amide bonds. The number of fused-ring (bicyclic) bond motifs is 2. The van der Waals surface area contributed by atoms with Gasteiger partial charge in [0, 0.05) is 36.9 Å². The molecule has 0 unspecified atom stereocenters. The maximum absolute atomic E-state index is 13.7. The smallest absolute Gasteiger partial charge is 0.339 e. The summed E-state index contributed by atoms with van der Waals surface area (Å²) in [5, 5.41) is 9.82. The fourth-order valence-corrected chi connectivity index (χ4v) is 4.50.